The zero-order valence-corrected chi connectivity index (χ0v) is 22.2. The van der Waals surface area contributed by atoms with Gasteiger partial charge in [0.1, 0.15) is 21.4 Å². The van der Waals surface area contributed by atoms with Crippen LogP contribution in [0.3, 0.4) is 0 Å². The van der Waals surface area contributed by atoms with Crippen molar-refractivity contribution >= 4 is 32.2 Å². The molecule has 0 bridgehead atoms. The van der Waals surface area contributed by atoms with Gasteiger partial charge in [-0.25, -0.2) is 13.3 Å². The Balaban J connectivity index is 1.62. The molecule has 1 aromatic heterocycles. The van der Waals surface area contributed by atoms with Crippen LogP contribution in [0.25, 0.3) is 10.9 Å². The van der Waals surface area contributed by atoms with Crippen molar-refractivity contribution in [3.63, 3.8) is 0 Å². The highest BCUT2D eigenvalue weighted by atomic mass is 32.2. The molecule has 0 radical (unpaired) electrons. The van der Waals surface area contributed by atoms with Crippen molar-refractivity contribution in [3.8, 4) is 11.5 Å². The van der Waals surface area contributed by atoms with Crippen molar-refractivity contribution in [2.24, 2.45) is 4.36 Å². The lowest BCUT2D eigenvalue weighted by atomic mass is 10.1. The van der Waals surface area contributed by atoms with Crippen LogP contribution in [0.4, 0.5) is 11.4 Å². The molecule has 37 heavy (non-hydrogen) atoms. The number of pyridine rings is 1. The second-order valence-electron chi connectivity index (χ2n) is 8.67. The van der Waals surface area contributed by atoms with Gasteiger partial charge in [-0.3, -0.25) is 4.98 Å². The molecule has 0 aliphatic heterocycles. The number of benzene rings is 3. The topological polar surface area (TPSA) is 105 Å². The summed E-state index contributed by atoms with van der Waals surface area (Å²) in [6.07, 6.45) is 1.07. The first-order valence-electron chi connectivity index (χ1n) is 11.9. The number of aliphatic hydroxyl groups excluding tert-OH is 1. The van der Waals surface area contributed by atoms with E-state index in [-0.39, 0.29) is 12.6 Å². The largest absolute Gasteiger partial charge is 0.497 e. The van der Waals surface area contributed by atoms with Gasteiger partial charge < -0.3 is 19.9 Å². The molecule has 0 saturated heterocycles. The van der Waals surface area contributed by atoms with Crippen LogP contribution in [0.5, 0.6) is 11.5 Å². The number of aliphatic hydroxyl groups is 1. The number of nitrogens with zero attached hydrogens (tertiary/aromatic N) is 2. The number of hydrogen-bond acceptors (Lipinski definition) is 7. The average Bonchev–Trinajstić information content (AvgIpc) is 2.92. The third-order valence-corrected chi connectivity index (χ3v) is 7.96. The zero-order valence-electron chi connectivity index (χ0n) is 21.3. The van der Waals surface area contributed by atoms with Crippen molar-refractivity contribution in [3.05, 3.63) is 84.6 Å². The molecule has 3 atom stereocenters. The number of aromatic nitrogens is 1. The van der Waals surface area contributed by atoms with E-state index < -0.39 is 16.0 Å². The monoisotopic (exact) mass is 520 g/mol. The highest BCUT2D eigenvalue weighted by Crippen LogP contribution is 2.29. The Morgan fingerprint density at radius 2 is 1.62 bits per heavy atom. The van der Waals surface area contributed by atoms with Gasteiger partial charge in [-0.2, -0.15) is 0 Å². The Morgan fingerprint density at radius 1 is 0.946 bits per heavy atom. The van der Waals surface area contributed by atoms with Crippen molar-refractivity contribution in [1.29, 1.82) is 0 Å². The van der Waals surface area contributed by atoms with Crippen LogP contribution in [-0.4, -0.2) is 41.2 Å². The van der Waals surface area contributed by atoms with Gasteiger partial charge in [0.2, 0.25) is 0 Å². The second-order valence-corrected chi connectivity index (χ2v) is 10.7. The number of fused-ring (bicyclic) bond motifs is 1. The van der Waals surface area contributed by atoms with E-state index in [4.69, 9.17) is 9.47 Å². The Hall–Kier alpha value is -3.66. The lowest BCUT2D eigenvalue weighted by Crippen LogP contribution is -2.31. The summed E-state index contributed by atoms with van der Waals surface area (Å²) in [6, 6.07) is 22.1. The molecule has 8 nitrogen and oxygen atoms in total. The Bertz CT molecular complexity index is 1460. The van der Waals surface area contributed by atoms with Gasteiger partial charge in [0, 0.05) is 35.6 Å². The van der Waals surface area contributed by atoms with Gasteiger partial charge >= 0.3 is 0 Å². The quantitative estimate of drug-likeness (QED) is 0.256. The SMILES string of the molecule is COc1ccc([C@@H](C)N=S(=O)(NC[C@@H](C)O)c2ccc(Nc3ccnc4cc(OC)ccc34)cc2)cc1. The second kappa shape index (κ2) is 11.6. The Kier molecular flexibility index (Phi) is 8.27. The maximum absolute atomic E-state index is 14.0. The zero-order chi connectivity index (χ0) is 26.4. The standard InChI is InChI=1S/C28H32N4O4S/c1-19(33)18-30-37(34,32-20(2)21-5-9-23(35-3)10-6-21)25-12-7-22(8-13-25)31-27-15-16-29-28-17-24(36-4)11-14-26(27)28/h5-17,19-20,33H,18H2,1-4H3,(H,29,31)(H,30,32,34)/t19-,20-,37?/m1/s1. The van der Waals surface area contributed by atoms with Gasteiger partial charge in [-0.1, -0.05) is 12.1 Å². The molecule has 1 unspecified atom stereocenters. The maximum atomic E-state index is 14.0. The van der Waals surface area contributed by atoms with Gasteiger partial charge in [0.15, 0.2) is 0 Å². The normalized spacial score (nSPS) is 14.4. The number of rotatable bonds is 10. The van der Waals surface area contributed by atoms with E-state index in [1.54, 1.807) is 39.5 Å². The minimum absolute atomic E-state index is 0.143. The molecule has 194 valence electrons. The molecule has 3 N–H and O–H groups in total. The van der Waals surface area contributed by atoms with E-state index in [1.165, 1.54) is 0 Å². The molecule has 4 aromatic rings. The molecule has 4 rings (SSSR count). The van der Waals surface area contributed by atoms with Gasteiger partial charge in [0.05, 0.1) is 36.8 Å². The summed E-state index contributed by atoms with van der Waals surface area (Å²) < 4.78 is 32.2. The van der Waals surface area contributed by atoms with Crippen LogP contribution in [-0.2, 0) is 9.92 Å². The van der Waals surface area contributed by atoms with E-state index >= 15 is 0 Å². The number of anilines is 2. The summed E-state index contributed by atoms with van der Waals surface area (Å²) in [5.74, 6) is 1.49. The van der Waals surface area contributed by atoms with E-state index in [2.05, 4.69) is 19.4 Å². The highest BCUT2D eigenvalue weighted by Gasteiger charge is 2.17. The molecular formula is C28H32N4O4S. The van der Waals surface area contributed by atoms with Crippen LogP contribution < -0.4 is 19.5 Å². The smallest absolute Gasteiger partial charge is 0.137 e. The van der Waals surface area contributed by atoms with Crippen LogP contribution in [0.1, 0.15) is 25.5 Å². The number of ether oxygens (including phenoxy) is 2. The molecule has 0 aliphatic carbocycles. The molecular weight excluding hydrogens is 488 g/mol. The lowest BCUT2D eigenvalue weighted by molar-refractivity contribution is 0.199. The Morgan fingerprint density at radius 3 is 2.27 bits per heavy atom. The summed E-state index contributed by atoms with van der Waals surface area (Å²) in [5.41, 5.74) is 3.45. The third-order valence-electron chi connectivity index (χ3n) is 5.88. The number of hydrogen-bond donors (Lipinski definition) is 3. The molecule has 0 spiro atoms. The molecule has 9 heteroatoms. The van der Waals surface area contributed by atoms with Gasteiger partial charge in [-0.15, -0.1) is 0 Å². The van der Waals surface area contributed by atoms with Crippen molar-refractivity contribution in [1.82, 2.24) is 9.71 Å². The Labute approximate surface area is 218 Å². The fraction of sp³-hybridized carbons (Fsp3) is 0.250. The van der Waals surface area contributed by atoms with E-state index in [9.17, 15) is 9.32 Å². The summed E-state index contributed by atoms with van der Waals surface area (Å²) in [6.45, 7) is 3.68. The summed E-state index contributed by atoms with van der Waals surface area (Å²) in [5, 5.41) is 14.2. The maximum Gasteiger partial charge on any atom is 0.137 e. The number of methoxy groups -OCH3 is 2. The number of nitrogens with one attached hydrogen (secondary N) is 2. The summed E-state index contributed by atoms with van der Waals surface area (Å²) >= 11 is 0. The molecule has 0 amide bonds. The molecule has 3 aromatic carbocycles. The van der Waals surface area contributed by atoms with E-state index in [0.29, 0.717) is 4.90 Å². The molecule has 0 fully saturated rings. The average molecular weight is 521 g/mol. The van der Waals surface area contributed by atoms with Crippen molar-refractivity contribution in [2.45, 2.75) is 30.9 Å². The fourth-order valence-corrected chi connectivity index (χ4v) is 5.73. The summed E-state index contributed by atoms with van der Waals surface area (Å²) in [7, 11) is 0.216. The van der Waals surface area contributed by atoms with Gasteiger partial charge in [-0.05, 0) is 74.0 Å². The van der Waals surface area contributed by atoms with Crippen LogP contribution in [0.2, 0.25) is 0 Å². The lowest BCUT2D eigenvalue weighted by Gasteiger charge is -2.17. The van der Waals surface area contributed by atoms with Crippen LogP contribution >= 0.6 is 0 Å². The minimum atomic E-state index is -3.03. The first-order valence-corrected chi connectivity index (χ1v) is 13.5. The van der Waals surface area contributed by atoms with Crippen molar-refractivity contribution in [2.75, 3.05) is 26.1 Å². The van der Waals surface area contributed by atoms with Gasteiger partial charge in [0.25, 0.3) is 0 Å². The first-order chi connectivity index (χ1) is 17.8. The fourth-order valence-electron chi connectivity index (χ4n) is 3.82. The van der Waals surface area contributed by atoms with E-state index in [1.807, 2.05) is 67.6 Å². The predicted octanol–water partition coefficient (Wildman–Crippen LogP) is 5.47. The van der Waals surface area contributed by atoms with Crippen LogP contribution in [0.15, 0.2) is 88.3 Å². The molecule has 0 saturated carbocycles. The molecule has 1 heterocycles. The van der Waals surface area contributed by atoms with Crippen LogP contribution in [0, 0.1) is 0 Å². The first kappa shape index (κ1) is 26.4. The summed E-state index contributed by atoms with van der Waals surface area (Å²) in [4.78, 5) is 4.96. The van der Waals surface area contributed by atoms with E-state index in [0.717, 1.165) is 39.3 Å². The highest BCUT2D eigenvalue weighted by molar-refractivity contribution is 7.91. The minimum Gasteiger partial charge on any atom is -0.497 e. The van der Waals surface area contributed by atoms with Crippen molar-refractivity contribution < 1.29 is 18.8 Å². The third kappa shape index (κ3) is 6.37. The molecule has 0 aliphatic rings. The predicted molar refractivity (Wildman–Crippen MR) is 148 cm³/mol.